The topological polar surface area (TPSA) is 173 Å². The maximum absolute atomic E-state index is 11.8. The Balaban J connectivity index is 3.54. The van der Waals surface area contributed by atoms with E-state index >= 15 is 0 Å². The number of carbonyl (C=O) groups excluding carboxylic acids is 7. The van der Waals surface area contributed by atoms with Crippen molar-refractivity contribution in [1.29, 1.82) is 0 Å². The zero-order valence-corrected chi connectivity index (χ0v) is 26.2. The number of hydrogen-bond donors (Lipinski definition) is 1. The number of hydrogen-bond acceptors (Lipinski definition) is 13. The van der Waals surface area contributed by atoms with Gasteiger partial charge in [-0.15, -0.1) is 0 Å². The molecular weight excluding hydrogens is 586 g/mol. The third kappa shape index (κ3) is 13.2. The first-order chi connectivity index (χ1) is 21.7. The molecule has 0 radical (unpaired) electrons. The first-order valence-electron chi connectivity index (χ1n) is 15.2. The summed E-state index contributed by atoms with van der Waals surface area (Å²) in [6.07, 6.45) is 7.31. The van der Waals surface area contributed by atoms with Crippen molar-refractivity contribution in [3.63, 3.8) is 0 Å². The minimum absolute atomic E-state index is 0.0320. The molecule has 0 saturated carbocycles. The molecule has 14 nitrogen and oxygen atoms in total. The predicted octanol–water partition coefficient (Wildman–Crippen LogP) is -1.56. The molecule has 0 aromatic carbocycles. The SMILES string of the molecule is CCC(CCCC1(N(CC=O)CC=O)CN(CC=O)CCN(CC=O)C1)(CN(CC=O)CCC#CC(=O)O)N(CC=O)CC=O. The van der Waals surface area contributed by atoms with E-state index in [0.717, 1.165) is 31.4 Å². The molecule has 1 saturated heterocycles. The number of carboxylic acid groups (broad SMARTS) is 1. The second-order valence-electron chi connectivity index (χ2n) is 11.2. The molecule has 0 aromatic rings. The number of rotatable bonds is 25. The Kier molecular flexibility index (Phi) is 19.4. The summed E-state index contributed by atoms with van der Waals surface area (Å²) in [7, 11) is 0. The van der Waals surface area contributed by atoms with Crippen molar-refractivity contribution in [2.75, 3.05) is 85.1 Å². The van der Waals surface area contributed by atoms with E-state index in [0.29, 0.717) is 64.4 Å². The molecule has 0 aliphatic carbocycles. The van der Waals surface area contributed by atoms with Crippen LogP contribution in [0.25, 0.3) is 0 Å². The lowest BCUT2D eigenvalue weighted by atomic mass is 9.82. The molecule has 1 unspecified atom stereocenters. The highest BCUT2D eigenvalue weighted by Gasteiger charge is 2.43. The highest BCUT2D eigenvalue weighted by molar-refractivity contribution is 5.86. The van der Waals surface area contributed by atoms with Crippen molar-refractivity contribution in [3.8, 4) is 11.8 Å². The number of aliphatic carboxylic acids is 1. The van der Waals surface area contributed by atoms with Crippen molar-refractivity contribution in [2.24, 2.45) is 0 Å². The molecule has 1 heterocycles. The van der Waals surface area contributed by atoms with Crippen LogP contribution in [0.5, 0.6) is 0 Å². The zero-order chi connectivity index (χ0) is 33.6. The summed E-state index contributed by atoms with van der Waals surface area (Å²) in [5, 5.41) is 8.84. The first kappa shape index (κ1) is 39.5. The van der Waals surface area contributed by atoms with Crippen LogP contribution < -0.4 is 0 Å². The Morgan fingerprint density at radius 2 is 1.36 bits per heavy atom. The molecule has 1 N–H and O–H groups in total. The summed E-state index contributed by atoms with van der Waals surface area (Å²) in [6.45, 7) is 4.45. The third-order valence-corrected chi connectivity index (χ3v) is 8.50. The van der Waals surface area contributed by atoms with Gasteiger partial charge in [-0.3, -0.25) is 24.5 Å². The van der Waals surface area contributed by atoms with Gasteiger partial charge in [-0.1, -0.05) is 12.8 Å². The van der Waals surface area contributed by atoms with E-state index in [1.807, 2.05) is 21.6 Å². The lowest BCUT2D eigenvalue weighted by Gasteiger charge is -2.48. The smallest absolute Gasteiger partial charge is 0.381 e. The quantitative estimate of drug-likeness (QED) is 0.0903. The standard InChI is InChI=1S/C31H47N5O9/c1-2-30(35(15-22-40)16-23-41,26-32(12-19-37)9-4-3-6-29(44)45)7-5-8-31(36(17-24-42)18-25-43)27-33(13-20-38)10-11-34(28-31)14-21-39/h19-25H,2,4-5,7-18,26-28H2,1H3,(H,44,45). The lowest BCUT2D eigenvalue weighted by Crippen LogP contribution is -2.61. The van der Waals surface area contributed by atoms with Crippen molar-refractivity contribution >= 4 is 50.0 Å². The molecule has 0 aromatic heterocycles. The van der Waals surface area contributed by atoms with E-state index in [-0.39, 0.29) is 65.3 Å². The maximum Gasteiger partial charge on any atom is 0.381 e. The summed E-state index contributed by atoms with van der Waals surface area (Å²) >= 11 is 0. The highest BCUT2D eigenvalue weighted by Crippen LogP contribution is 2.33. The second-order valence-corrected chi connectivity index (χ2v) is 11.2. The van der Waals surface area contributed by atoms with Crippen molar-refractivity contribution in [2.45, 2.75) is 50.1 Å². The fourth-order valence-electron chi connectivity index (χ4n) is 6.35. The van der Waals surface area contributed by atoms with Crippen LogP contribution in [0.2, 0.25) is 0 Å². The number of carbonyl (C=O) groups is 8. The zero-order valence-electron chi connectivity index (χ0n) is 26.2. The first-order valence-corrected chi connectivity index (χ1v) is 15.2. The highest BCUT2D eigenvalue weighted by atomic mass is 16.4. The second kappa shape index (κ2) is 22.1. The molecule has 250 valence electrons. The molecule has 0 amide bonds. The van der Waals surface area contributed by atoms with E-state index in [4.69, 9.17) is 5.11 Å². The molecule has 1 rings (SSSR count). The van der Waals surface area contributed by atoms with Crippen LogP contribution in [0.3, 0.4) is 0 Å². The molecular formula is C31H47N5O9. The van der Waals surface area contributed by atoms with Crippen LogP contribution in [0.1, 0.15) is 39.0 Å². The third-order valence-electron chi connectivity index (χ3n) is 8.50. The van der Waals surface area contributed by atoms with E-state index < -0.39 is 17.0 Å². The summed E-state index contributed by atoms with van der Waals surface area (Å²) in [6, 6.07) is 0. The van der Waals surface area contributed by atoms with Crippen LogP contribution in [0.15, 0.2) is 0 Å². The average molecular weight is 634 g/mol. The molecule has 1 aliphatic heterocycles. The van der Waals surface area contributed by atoms with E-state index in [1.54, 1.807) is 9.80 Å². The van der Waals surface area contributed by atoms with Gasteiger partial charge in [0.1, 0.15) is 44.0 Å². The van der Waals surface area contributed by atoms with Gasteiger partial charge in [0.25, 0.3) is 0 Å². The van der Waals surface area contributed by atoms with Crippen LogP contribution in [0.4, 0.5) is 0 Å². The van der Waals surface area contributed by atoms with Crippen LogP contribution >= 0.6 is 0 Å². The number of aldehydes is 7. The Labute approximate surface area is 265 Å². The van der Waals surface area contributed by atoms with Crippen LogP contribution in [-0.4, -0.2) is 176 Å². The Bertz CT molecular complexity index is 1010. The van der Waals surface area contributed by atoms with Crippen LogP contribution in [-0.2, 0) is 38.4 Å². The Hall–Kier alpha value is -3.48. The molecule has 1 fully saturated rings. The van der Waals surface area contributed by atoms with Gasteiger partial charge >= 0.3 is 5.97 Å². The van der Waals surface area contributed by atoms with Gasteiger partial charge in [0.05, 0.1) is 45.8 Å². The van der Waals surface area contributed by atoms with Crippen molar-refractivity contribution in [1.82, 2.24) is 24.5 Å². The van der Waals surface area contributed by atoms with Gasteiger partial charge in [-0.05, 0) is 25.7 Å². The van der Waals surface area contributed by atoms with Gasteiger partial charge in [0.15, 0.2) is 0 Å². The van der Waals surface area contributed by atoms with E-state index in [9.17, 15) is 38.4 Å². The van der Waals surface area contributed by atoms with Gasteiger partial charge in [0, 0.05) is 62.7 Å². The van der Waals surface area contributed by atoms with Crippen molar-refractivity contribution in [3.05, 3.63) is 0 Å². The largest absolute Gasteiger partial charge is 0.472 e. The summed E-state index contributed by atoms with van der Waals surface area (Å²) in [5.74, 6) is 3.37. The molecule has 1 atom stereocenters. The van der Waals surface area contributed by atoms with Gasteiger partial charge in [0.2, 0.25) is 0 Å². The molecule has 1 aliphatic rings. The molecule has 14 heteroatoms. The monoisotopic (exact) mass is 633 g/mol. The number of nitrogens with zero attached hydrogens (tertiary/aromatic N) is 5. The normalized spacial score (nSPS) is 16.6. The fraction of sp³-hybridized carbons (Fsp3) is 0.677. The van der Waals surface area contributed by atoms with Gasteiger partial charge in [-0.2, -0.15) is 0 Å². The maximum atomic E-state index is 11.8. The number of carboxylic acids is 1. The predicted molar refractivity (Wildman–Crippen MR) is 165 cm³/mol. The van der Waals surface area contributed by atoms with Gasteiger partial charge < -0.3 is 38.7 Å². The molecule has 45 heavy (non-hydrogen) atoms. The van der Waals surface area contributed by atoms with E-state index in [1.165, 1.54) is 0 Å². The van der Waals surface area contributed by atoms with Crippen molar-refractivity contribution < 1.29 is 43.5 Å². The minimum atomic E-state index is -1.26. The van der Waals surface area contributed by atoms with E-state index in [2.05, 4.69) is 11.8 Å². The summed E-state index contributed by atoms with van der Waals surface area (Å²) in [4.78, 5) is 102. The fourth-order valence-corrected chi connectivity index (χ4v) is 6.35. The molecule has 0 bridgehead atoms. The Morgan fingerprint density at radius 1 is 0.822 bits per heavy atom. The average Bonchev–Trinajstić information content (AvgIpc) is 3.18. The minimum Gasteiger partial charge on any atom is -0.472 e. The van der Waals surface area contributed by atoms with Gasteiger partial charge in [-0.25, -0.2) is 4.79 Å². The Morgan fingerprint density at radius 3 is 1.80 bits per heavy atom. The van der Waals surface area contributed by atoms with Crippen LogP contribution in [0, 0.1) is 11.8 Å². The lowest BCUT2D eigenvalue weighted by molar-refractivity contribution is -0.130. The summed E-state index contributed by atoms with van der Waals surface area (Å²) in [5.41, 5.74) is -1.55. The molecule has 0 spiro atoms. The summed E-state index contributed by atoms with van der Waals surface area (Å²) < 4.78 is 0.